The quantitative estimate of drug-likeness (QED) is 0.542. The third-order valence-corrected chi connectivity index (χ3v) is 5.19. The molecule has 5 nitrogen and oxygen atoms in total. The molecule has 0 aliphatic heterocycles. The maximum Gasteiger partial charge on any atom is 0.298 e. The fourth-order valence-corrected chi connectivity index (χ4v) is 3.52. The Morgan fingerprint density at radius 2 is 1.63 bits per heavy atom. The van der Waals surface area contributed by atoms with Crippen LogP contribution in [-0.4, -0.2) is 19.6 Å². The van der Waals surface area contributed by atoms with E-state index in [2.05, 4.69) is 23.2 Å². The second kappa shape index (κ2) is 6.20. The van der Waals surface area contributed by atoms with Gasteiger partial charge in [-0.25, -0.2) is 4.68 Å². The first-order valence-electron chi connectivity index (χ1n) is 9.00. The molecule has 0 bridgehead atoms. The Labute approximate surface area is 157 Å². The fraction of sp³-hybridized carbons (Fsp3) is 0.227. The van der Waals surface area contributed by atoms with Gasteiger partial charge in [0.25, 0.3) is 5.56 Å². The standard InChI is InChI=1S/C22H22N4O/c1-13-9-10-19(15(3)11-13)25-21-18(12-23-25)17(5)24-26(22(21)27)20-8-6-7-14(2)16(20)4/h6-12H,1-5H3. The molecule has 0 saturated carbocycles. The molecule has 0 unspecified atom stereocenters. The van der Waals surface area contributed by atoms with E-state index in [0.717, 1.165) is 39.1 Å². The Balaban J connectivity index is 2.07. The molecule has 4 rings (SSSR count). The largest absolute Gasteiger partial charge is 0.298 e. The van der Waals surface area contributed by atoms with E-state index in [1.54, 1.807) is 10.9 Å². The molecular formula is C22H22N4O. The molecule has 27 heavy (non-hydrogen) atoms. The summed E-state index contributed by atoms with van der Waals surface area (Å²) in [4.78, 5) is 13.4. The maximum absolute atomic E-state index is 13.4. The Hall–Kier alpha value is -3.21. The maximum atomic E-state index is 13.4. The Morgan fingerprint density at radius 1 is 0.852 bits per heavy atom. The van der Waals surface area contributed by atoms with Crippen molar-refractivity contribution in [3.63, 3.8) is 0 Å². The molecule has 0 spiro atoms. The minimum Gasteiger partial charge on any atom is -0.265 e. The monoisotopic (exact) mass is 358 g/mol. The summed E-state index contributed by atoms with van der Waals surface area (Å²) in [7, 11) is 0. The number of nitrogens with zero attached hydrogens (tertiary/aromatic N) is 4. The van der Waals surface area contributed by atoms with E-state index < -0.39 is 0 Å². The molecule has 136 valence electrons. The predicted molar refractivity (Wildman–Crippen MR) is 108 cm³/mol. The van der Waals surface area contributed by atoms with Crippen LogP contribution in [0.2, 0.25) is 0 Å². The van der Waals surface area contributed by atoms with Gasteiger partial charge in [-0.05, 0) is 63.4 Å². The zero-order valence-corrected chi connectivity index (χ0v) is 16.2. The van der Waals surface area contributed by atoms with E-state index in [1.807, 2.05) is 58.0 Å². The Morgan fingerprint density at radius 3 is 2.37 bits per heavy atom. The fourth-order valence-electron chi connectivity index (χ4n) is 3.52. The van der Waals surface area contributed by atoms with Gasteiger partial charge in [-0.3, -0.25) is 4.79 Å². The van der Waals surface area contributed by atoms with Crippen molar-refractivity contribution in [2.75, 3.05) is 0 Å². The number of benzene rings is 2. The molecule has 2 aromatic carbocycles. The van der Waals surface area contributed by atoms with Gasteiger partial charge in [0, 0.05) is 5.39 Å². The van der Waals surface area contributed by atoms with Crippen molar-refractivity contribution in [2.24, 2.45) is 0 Å². The molecule has 0 radical (unpaired) electrons. The van der Waals surface area contributed by atoms with E-state index in [-0.39, 0.29) is 5.56 Å². The highest BCUT2D eigenvalue weighted by atomic mass is 16.1. The van der Waals surface area contributed by atoms with Crippen molar-refractivity contribution in [1.29, 1.82) is 0 Å². The number of fused-ring (bicyclic) bond motifs is 1. The van der Waals surface area contributed by atoms with E-state index in [1.165, 1.54) is 10.2 Å². The molecule has 0 amide bonds. The Kier molecular flexibility index (Phi) is 3.95. The highest BCUT2D eigenvalue weighted by molar-refractivity contribution is 5.82. The van der Waals surface area contributed by atoms with Gasteiger partial charge in [0.2, 0.25) is 0 Å². The summed E-state index contributed by atoms with van der Waals surface area (Å²) in [5.41, 5.74) is 7.30. The number of rotatable bonds is 2. The average Bonchev–Trinajstić information content (AvgIpc) is 3.06. The average molecular weight is 358 g/mol. The van der Waals surface area contributed by atoms with Crippen molar-refractivity contribution < 1.29 is 0 Å². The van der Waals surface area contributed by atoms with Gasteiger partial charge in [-0.15, -0.1) is 0 Å². The van der Waals surface area contributed by atoms with Crippen LogP contribution in [0.5, 0.6) is 0 Å². The second-order valence-electron chi connectivity index (χ2n) is 7.13. The zero-order valence-electron chi connectivity index (χ0n) is 16.2. The number of aromatic nitrogens is 4. The topological polar surface area (TPSA) is 52.7 Å². The normalized spacial score (nSPS) is 11.3. The van der Waals surface area contributed by atoms with Crippen molar-refractivity contribution in [1.82, 2.24) is 19.6 Å². The summed E-state index contributed by atoms with van der Waals surface area (Å²) < 4.78 is 3.24. The SMILES string of the molecule is Cc1ccc(-n2ncc3c(C)nn(-c4cccc(C)c4C)c(=O)c32)c(C)c1. The van der Waals surface area contributed by atoms with Crippen LogP contribution in [0.4, 0.5) is 0 Å². The van der Waals surface area contributed by atoms with Crippen LogP contribution in [0.1, 0.15) is 27.9 Å². The lowest BCUT2D eigenvalue weighted by Crippen LogP contribution is -2.25. The van der Waals surface area contributed by atoms with Crippen LogP contribution in [-0.2, 0) is 0 Å². The minimum absolute atomic E-state index is 0.165. The molecule has 0 aliphatic carbocycles. The number of aryl methyl sites for hydroxylation is 4. The van der Waals surface area contributed by atoms with Gasteiger partial charge >= 0.3 is 0 Å². The van der Waals surface area contributed by atoms with Gasteiger partial charge in [0.1, 0.15) is 5.52 Å². The zero-order chi connectivity index (χ0) is 19.3. The van der Waals surface area contributed by atoms with Crippen molar-refractivity contribution >= 4 is 10.9 Å². The molecule has 0 aliphatic rings. The molecule has 2 aromatic heterocycles. The van der Waals surface area contributed by atoms with Crippen molar-refractivity contribution in [2.45, 2.75) is 34.6 Å². The third kappa shape index (κ3) is 2.67. The van der Waals surface area contributed by atoms with Crippen molar-refractivity contribution in [3.8, 4) is 11.4 Å². The molecular weight excluding hydrogens is 336 g/mol. The summed E-state index contributed by atoms with van der Waals surface area (Å²) >= 11 is 0. The lowest BCUT2D eigenvalue weighted by atomic mass is 10.1. The summed E-state index contributed by atoms with van der Waals surface area (Å²) in [5, 5.41) is 9.86. The first-order chi connectivity index (χ1) is 12.9. The Bertz CT molecular complexity index is 1250. The molecule has 0 atom stereocenters. The predicted octanol–water partition coefficient (Wildman–Crippen LogP) is 4.11. The minimum atomic E-state index is -0.165. The van der Waals surface area contributed by atoms with E-state index in [9.17, 15) is 4.79 Å². The van der Waals surface area contributed by atoms with Gasteiger partial charge < -0.3 is 0 Å². The summed E-state index contributed by atoms with van der Waals surface area (Å²) in [6, 6.07) is 12.1. The lowest BCUT2D eigenvalue weighted by molar-refractivity contribution is 0.784. The van der Waals surface area contributed by atoms with Crippen LogP contribution in [0.15, 0.2) is 47.4 Å². The molecule has 0 N–H and O–H groups in total. The summed E-state index contributed by atoms with van der Waals surface area (Å²) in [6.45, 7) is 10.1. The molecule has 2 heterocycles. The molecule has 0 fully saturated rings. The van der Waals surface area contributed by atoms with E-state index >= 15 is 0 Å². The smallest absolute Gasteiger partial charge is 0.265 e. The van der Waals surface area contributed by atoms with Gasteiger partial charge in [0.15, 0.2) is 0 Å². The lowest BCUT2D eigenvalue weighted by Gasteiger charge is -2.13. The van der Waals surface area contributed by atoms with Crippen LogP contribution >= 0.6 is 0 Å². The van der Waals surface area contributed by atoms with Gasteiger partial charge in [0.05, 0.1) is 23.3 Å². The highest BCUT2D eigenvalue weighted by Gasteiger charge is 2.18. The second-order valence-corrected chi connectivity index (χ2v) is 7.13. The highest BCUT2D eigenvalue weighted by Crippen LogP contribution is 2.22. The van der Waals surface area contributed by atoms with Crippen LogP contribution in [0.25, 0.3) is 22.3 Å². The van der Waals surface area contributed by atoms with E-state index in [0.29, 0.717) is 5.52 Å². The number of hydrogen-bond acceptors (Lipinski definition) is 3. The molecule has 4 aromatic rings. The molecule has 5 heteroatoms. The first kappa shape index (κ1) is 17.2. The summed E-state index contributed by atoms with van der Waals surface area (Å²) in [5.74, 6) is 0. The van der Waals surface area contributed by atoms with Crippen LogP contribution < -0.4 is 5.56 Å². The van der Waals surface area contributed by atoms with Gasteiger partial charge in [-0.2, -0.15) is 14.9 Å². The summed E-state index contributed by atoms with van der Waals surface area (Å²) in [6.07, 6.45) is 1.73. The van der Waals surface area contributed by atoms with Crippen molar-refractivity contribution in [3.05, 3.63) is 80.9 Å². The first-order valence-corrected chi connectivity index (χ1v) is 9.00. The van der Waals surface area contributed by atoms with Crippen LogP contribution in [0.3, 0.4) is 0 Å². The third-order valence-electron chi connectivity index (χ3n) is 5.19. The van der Waals surface area contributed by atoms with Gasteiger partial charge in [-0.1, -0.05) is 29.8 Å². The molecule has 0 saturated heterocycles. The van der Waals surface area contributed by atoms with Crippen LogP contribution in [0, 0.1) is 34.6 Å². The number of hydrogen-bond donors (Lipinski definition) is 0. The van der Waals surface area contributed by atoms with E-state index in [4.69, 9.17) is 0 Å².